The molecular weight excluding hydrogens is 450 g/mol. The summed E-state index contributed by atoms with van der Waals surface area (Å²) in [5.74, 6) is 0.581. The van der Waals surface area contributed by atoms with Gasteiger partial charge in [-0.1, -0.05) is 65.4 Å². The van der Waals surface area contributed by atoms with Crippen molar-refractivity contribution < 1.29 is 0 Å². The number of hydrogen-bond donors (Lipinski definition) is 0. The lowest BCUT2D eigenvalue weighted by Crippen LogP contribution is -2.23. The Morgan fingerprint density at radius 1 is 0.939 bits per heavy atom. The first-order valence-corrected chi connectivity index (χ1v) is 12.0. The van der Waals surface area contributed by atoms with Crippen LogP contribution in [-0.4, -0.2) is 24.4 Å². The maximum Gasteiger partial charge on any atom is 0.291 e. The molecular formula is C25H17N5OS2. The van der Waals surface area contributed by atoms with Crippen molar-refractivity contribution in [2.24, 2.45) is 0 Å². The molecule has 0 aliphatic heterocycles. The van der Waals surface area contributed by atoms with E-state index < -0.39 is 0 Å². The van der Waals surface area contributed by atoms with Crippen molar-refractivity contribution >= 4 is 33.7 Å². The highest BCUT2D eigenvalue weighted by Crippen LogP contribution is 2.25. The molecule has 0 bridgehead atoms. The van der Waals surface area contributed by atoms with E-state index >= 15 is 0 Å². The number of aryl methyl sites for hydroxylation is 1. The topological polar surface area (TPSA) is 65.1 Å². The van der Waals surface area contributed by atoms with Gasteiger partial charge in [0.25, 0.3) is 5.56 Å². The molecule has 0 atom stereocenters. The Bertz CT molecular complexity index is 1680. The van der Waals surface area contributed by atoms with Crippen molar-refractivity contribution in [2.75, 3.05) is 0 Å². The van der Waals surface area contributed by atoms with Crippen LogP contribution in [0.1, 0.15) is 11.1 Å². The van der Waals surface area contributed by atoms with Crippen LogP contribution in [0.3, 0.4) is 0 Å². The van der Waals surface area contributed by atoms with Crippen molar-refractivity contribution in [1.29, 1.82) is 0 Å². The van der Waals surface area contributed by atoms with Crippen LogP contribution in [0.4, 0.5) is 0 Å². The lowest BCUT2D eigenvalue weighted by molar-refractivity contribution is 0.884. The van der Waals surface area contributed by atoms with E-state index in [-0.39, 0.29) is 5.56 Å². The Labute approximate surface area is 196 Å². The van der Waals surface area contributed by atoms with Gasteiger partial charge in [0, 0.05) is 17.3 Å². The van der Waals surface area contributed by atoms with E-state index in [2.05, 4.69) is 41.3 Å². The first-order chi connectivity index (χ1) is 16.2. The monoisotopic (exact) mass is 467 g/mol. The predicted molar refractivity (Wildman–Crippen MR) is 133 cm³/mol. The molecule has 0 radical (unpaired) electrons. The molecule has 4 heterocycles. The standard InChI is InChI=1S/C25H17N5OS2/c1-16-9-11-17(12-10-16)22-18(15-29(27-22)19-6-3-2-4-7-19)14-21-24(31)30-25(33-21)26-23(28-30)20-8-5-13-32-20/h2-15H,1H3. The maximum absolute atomic E-state index is 13.1. The van der Waals surface area contributed by atoms with Crippen molar-refractivity contribution in [1.82, 2.24) is 24.4 Å². The molecule has 0 fully saturated rings. The largest absolute Gasteiger partial charge is 0.291 e. The number of aromatic nitrogens is 5. The fourth-order valence-corrected chi connectivity index (χ4v) is 5.18. The molecule has 33 heavy (non-hydrogen) atoms. The summed E-state index contributed by atoms with van der Waals surface area (Å²) >= 11 is 2.89. The Morgan fingerprint density at radius 2 is 1.76 bits per heavy atom. The van der Waals surface area contributed by atoms with Gasteiger partial charge in [-0.25, -0.2) is 4.68 Å². The van der Waals surface area contributed by atoms with Crippen molar-refractivity contribution in [3.05, 3.63) is 104 Å². The molecule has 0 unspecified atom stereocenters. The summed E-state index contributed by atoms with van der Waals surface area (Å²) in [4.78, 5) is 19.2. The maximum atomic E-state index is 13.1. The molecule has 0 aliphatic carbocycles. The molecule has 4 aromatic heterocycles. The summed E-state index contributed by atoms with van der Waals surface area (Å²) in [6.07, 6.45) is 3.84. The summed E-state index contributed by atoms with van der Waals surface area (Å²) < 4.78 is 3.81. The van der Waals surface area contributed by atoms with E-state index in [0.717, 1.165) is 27.4 Å². The lowest BCUT2D eigenvalue weighted by atomic mass is 10.1. The molecule has 8 heteroatoms. The van der Waals surface area contributed by atoms with Gasteiger partial charge in [-0.05, 0) is 36.6 Å². The number of thiazole rings is 1. The summed E-state index contributed by atoms with van der Waals surface area (Å²) in [6.45, 7) is 2.06. The van der Waals surface area contributed by atoms with E-state index in [9.17, 15) is 4.79 Å². The summed E-state index contributed by atoms with van der Waals surface area (Å²) in [5, 5.41) is 11.3. The number of hydrogen-bond acceptors (Lipinski definition) is 6. The van der Waals surface area contributed by atoms with Gasteiger partial charge < -0.3 is 0 Å². The van der Waals surface area contributed by atoms with Crippen LogP contribution in [0.15, 0.2) is 83.1 Å². The second kappa shape index (κ2) is 7.91. The fraction of sp³-hybridized carbons (Fsp3) is 0.0400. The van der Waals surface area contributed by atoms with Crippen molar-refractivity contribution in [3.8, 4) is 27.6 Å². The molecule has 160 valence electrons. The van der Waals surface area contributed by atoms with Gasteiger partial charge in [0.1, 0.15) is 0 Å². The van der Waals surface area contributed by atoms with Crippen molar-refractivity contribution in [3.63, 3.8) is 0 Å². The average Bonchev–Trinajstić information content (AvgIpc) is 3.62. The van der Waals surface area contributed by atoms with Gasteiger partial charge in [-0.15, -0.1) is 16.4 Å². The van der Waals surface area contributed by atoms with Crippen LogP contribution >= 0.6 is 22.7 Å². The first kappa shape index (κ1) is 19.8. The Morgan fingerprint density at radius 3 is 2.48 bits per heavy atom. The molecule has 0 amide bonds. The molecule has 6 nitrogen and oxygen atoms in total. The zero-order valence-corrected chi connectivity index (χ0v) is 19.2. The third-order valence-corrected chi connectivity index (χ3v) is 7.12. The molecule has 0 aliphatic rings. The smallest absolute Gasteiger partial charge is 0.266 e. The molecule has 0 saturated carbocycles. The van der Waals surface area contributed by atoms with Gasteiger partial charge >= 0.3 is 0 Å². The number of rotatable bonds is 4. The second-order valence-electron chi connectivity index (χ2n) is 7.60. The van der Waals surface area contributed by atoms with E-state index in [1.807, 2.05) is 64.8 Å². The van der Waals surface area contributed by atoms with E-state index in [1.54, 1.807) is 11.3 Å². The SMILES string of the molecule is Cc1ccc(-c2nn(-c3ccccc3)cc2C=c2sc3nc(-c4cccs4)nn3c2=O)cc1. The van der Waals surface area contributed by atoms with Crippen LogP contribution < -0.4 is 10.1 Å². The van der Waals surface area contributed by atoms with Gasteiger partial charge in [0.05, 0.1) is 20.8 Å². The lowest BCUT2D eigenvalue weighted by Gasteiger charge is -2.01. The second-order valence-corrected chi connectivity index (χ2v) is 9.56. The summed E-state index contributed by atoms with van der Waals surface area (Å²) in [5.41, 5.74) is 4.64. The van der Waals surface area contributed by atoms with Crippen LogP contribution in [0.5, 0.6) is 0 Å². The molecule has 0 saturated heterocycles. The fourth-order valence-electron chi connectivity index (χ4n) is 3.63. The Hall–Kier alpha value is -3.88. The Balaban J connectivity index is 1.51. The van der Waals surface area contributed by atoms with Crippen molar-refractivity contribution in [2.45, 2.75) is 6.92 Å². The molecule has 0 spiro atoms. The van der Waals surface area contributed by atoms with E-state index in [1.165, 1.54) is 21.4 Å². The minimum absolute atomic E-state index is 0.173. The summed E-state index contributed by atoms with van der Waals surface area (Å²) in [6, 6.07) is 22.1. The molecule has 0 N–H and O–H groups in total. The zero-order chi connectivity index (χ0) is 22.4. The molecule has 6 aromatic rings. The van der Waals surface area contributed by atoms with E-state index in [4.69, 9.17) is 5.10 Å². The first-order valence-electron chi connectivity index (χ1n) is 10.3. The number of benzene rings is 2. The number of thiophene rings is 1. The number of fused-ring (bicyclic) bond motifs is 1. The quantitative estimate of drug-likeness (QED) is 0.380. The third kappa shape index (κ3) is 3.59. The highest BCUT2D eigenvalue weighted by molar-refractivity contribution is 7.15. The Kier molecular flexibility index (Phi) is 4.74. The van der Waals surface area contributed by atoms with Gasteiger partial charge in [0.2, 0.25) is 4.96 Å². The summed E-state index contributed by atoms with van der Waals surface area (Å²) in [7, 11) is 0. The van der Waals surface area contributed by atoms with Gasteiger partial charge in [-0.2, -0.15) is 14.6 Å². The van der Waals surface area contributed by atoms with Crippen LogP contribution in [-0.2, 0) is 0 Å². The van der Waals surface area contributed by atoms with Crippen LogP contribution in [0.25, 0.3) is 38.7 Å². The molecule has 6 rings (SSSR count). The van der Waals surface area contributed by atoms with E-state index in [0.29, 0.717) is 15.3 Å². The number of para-hydroxylation sites is 1. The van der Waals surface area contributed by atoms with Crippen LogP contribution in [0.2, 0.25) is 0 Å². The average molecular weight is 468 g/mol. The van der Waals surface area contributed by atoms with Crippen LogP contribution in [0, 0.1) is 6.92 Å². The minimum atomic E-state index is -0.173. The zero-order valence-electron chi connectivity index (χ0n) is 17.5. The highest BCUT2D eigenvalue weighted by atomic mass is 32.1. The predicted octanol–water partition coefficient (Wildman–Crippen LogP) is 4.59. The normalized spacial score (nSPS) is 12.1. The molecule has 2 aromatic carbocycles. The third-order valence-electron chi connectivity index (χ3n) is 5.30. The van der Waals surface area contributed by atoms with Gasteiger partial charge in [0.15, 0.2) is 5.82 Å². The minimum Gasteiger partial charge on any atom is -0.266 e. The van der Waals surface area contributed by atoms with Gasteiger partial charge in [-0.3, -0.25) is 4.79 Å². The number of nitrogens with zero attached hydrogens (tertiary/aromatic N) is 5. The highest BCUT2D eigenvalue weighted by Gasteiger charge is 2.15.